The van der Waals surface area contributed by atoms with Crippen LogP contribution >= 0.6 is 0 Å². The molecule has 3 aliphatic rings. The highest BCUT2D eigenvalue weighted by Crippen LogP contribution is 2.42. The Kier molecular flexibility index (Phi) is 2.45. The summed E-state index contributed by atoms with van der Waals surface area (Å²) in [6.45, 7) is 3.81. The average Bonchev–Trinajstić information content (AvgIpc) is 3.03. The van der Waals surface area contributed by atoms with Gasteiger partial charge in [0.25, 0.3) is 0 Å². The van der Waals surface area contributed by atoms with E-state index in [9.17, 15) is 5.11 Å². The van der Waals surface area contributed by atoms with Crippen molar-refractivity contribution < 1.29 is 9.84 Å². The number of β-amino-alcohol motifs (C(OH)–C–C–N with tert-alkyl or cyclic N) is 1. The molecule has 3 nitrogen and oxygen atoms in total. The lowest BCUT2D eigenvalue weighted by atomic mass is 9.90. The lowest BCUT2D eigenvalue weighted by Gasteiger charge is -2.24. The highest BCUT2D eigenvalue weighted by molar-refractivity contribution is 5.42. The summed E-state index contributed by atoms with van der Waals surface area (Å²) >= 11 is 0. The van der Waals surface area contributed by atoms with Gasteiger partial charge >= 0.3 is 0 Å². The van der Waals surface area contributed by atoms with E-state index in [-0.39, 0.29) is 0 Å². The molecule has 1 saturated heterocycles. The number of fused-ring (bicyclic) bond motifs is 1. The number of benzene rings is 1. The number of nitrogens with zero attached hydrogens (tertiary/aromatic N) is 1. The molecule has 1 aromatic rings. The molecule has 3 heteroatoms. The molecular weight excluding hydrogens is 238 g/mol. The fourth-order valence-electron chi connectivity index (χ4n) is 3.71. The van der Waals surface area contributed by atoms with Crippen LogP contribution in [0, 0.1) is 0 Å². The third-order valence-corrected chi connectivity index (χ3v) is 4.89. The summed E-state index contributed by atoms with van der Waals surface area (Å²) in [6.07, 6.45) is 4.43. The van der Waals surface area contributed by atoms with Gasteiger partial charge in [0.2, 0.25) is 0 Å². The second-order valence-corrected chi connectivity index (χ2v) is 6.41. The summed E-state index contributed by atoms with van der Waals surface area (Å²) in [5, 5.41) is 11.0. The van der Waals surface area contributed by atoms with Gasteiger partial charge in [-0.15, -0.1) is 0 Å². The highest BCUT2D eigenvalue weighted by Gasteiger charge is 2.47. The van der Waals surface area contributed by atoms with Crippen LogP contribution < -0.4 is 4.74 Å². The average molecular weight is 259 g/mol. The molecule has 1 aliphatic carbocycles. The third-order valence-electron chi connectivity index (χ3n) is 4.89. The predicted octanol–water partition coefficient (Wildman–Crippen LogP) is 2.07. The van der Waals surface area contributed by atoms with Crippen molar-refractivity contribution >= 4 is 0 Å². The lowest BCUT2D eigenvalue weighted by molar-refractivity contribution is 0.0451. The number of ether oxygens (including phenoxy) is 1. The zero-order valence-corrected chi connectivity index (χ0v) is 11.4. The Morgan fingerprint density at radius 2 is 2.21 bits per heavy atom. The maximum Gasteiger partial charge on any atom is 0.122 e. The van der Waals surface area contributed by atoms with Crippen LogP contribution in [-0.4, -0.2) is 35.2 Å². The Labute approximate surface area is 114 Å². The second kappa shape index (κ2) is 3.97. The van der Waals surface area contributed by atoms with Crippen molar-refractivity contribution in [2.75, 3.05) is 13.2 Å². The molecule has 1 aromatic carbocycles. The minimum atomic E-state index is -0.667. The van der Waals surface area contributed by atoms with Crippen LogP contribution in [0.1, 0.15) is 37.3 Å². The van der Waals surface area contributed by atoms with E-state index in [4.69, 9.17) is 4.74 Å². The van der Waals surface area contributed by atoms with Gasteiger partial charge in [-0.1, -0.05) is 6.07 Å². The standard InChI is InChI=1S/C16H21NO2/c1-11-9-16(18,10-17(11)14-3-4-14)13-2-5-15-12(8-13)6-7-19-15/h2,5,8,11,14,18H,3-4,6-7,9-10H2,1H3. The molecule has 0 bridgehead atoms. The van der Waals surface area contributed by atoms with Crippen molar-refractivity contribution in [3.8, 4) is 5.75 Å². The van der Waals surface area contributed by atoms with Crippen LogP contribution in [0.2, 0.25) is 0 Å². The molecule has 1 N–H and O–H groups in total. The first-order valence-electron chi connectivity index (χ1n) is 7.40. The van der Waals surface area contributed by atoms with Crippen LogP contribution in [0.25, 0.3) is 0 Å². The van der Waals surface area contributed by atoms with Crippen molar-refractivity contribution in [2.45, 2.75) is 50.3 Å². The molecule has 0 amide bonds. The van der Waals surface area contributed by atoms with Crippen LogP contribution in [0.15, 0.2) is 18.2 Å². The lowest BCUT2D eigenvalue weighted by Crippen LogP contribution is -2.33. The van der Waals surface area contributed by atoms with Crippen molar-refractivity contribution in [2.24, 2.45) is 0 Å². The Morgan fingerprint density at radius 1 is 1.37 bits per heavy atom. The minimum absolute atomic E-state index is 0.488. The first-order chi connectivity index (χ1) is 9.16. The summed E-state index contributed by atoms with van der Waals surface area (Å²) < 4.78 is 5.55. The molecule has 19 heavy (non-hydrogen) atoms. The van der Waals surface area contributed by atoms with Crippen molar-refractivity contribution in [3.05, 3.63) is 29.3 Å². The van der Waals surface area contributed by atoms with Crippen molar-refractivity contribution in [3.63, 3.8) is 0 Å². The third kappa shape index (κ3) is 1.87. The Bertz CT molecular complexity index is 511. The molecule has 2 fully saturated rings. The minimum Gasteiger partial charge on any atom is -0.493 e. The maximum atomic E-state index is 11.0. The predicted molar refractivity (Wildman–Crippen MR) is 73.3 cm³/mol. The van der Waals surface area contributed by atoms with Gasteiger partial charge in [-0.25, -0.2) is 0 Å². The van der Waals surface area contributed by atoms with E-state index in [1.165, 1.54) is 18.4 Å². The molecule has 102 valence electrons. The van der Waals surface area contributed by atoms with E-state index in [0.717, 1.165) is 43.3 Å². The SMILES string of the molecule is CC1CC(O)(c2ccc3c(c2)CCO3)CN1C1CC1. The molecule has 4 rings (SSSR count). The molecule has 0 radical (unpaired) electrons. The first-order valence-corrected chi connectivity index (χ1v) is 7.40. The second-order valence-electron chi connectivity index (χ2n) is 6.41. The summed E-state index contributed by atoms with van der Waals surface area (Å²) in [6, 6.07) is 7.45. The number of hydrogen-bond acceptors (Lipinski definition) is 3. The topological polar surface area (TPSA) is 32.7 Å². The number of aliphatic hydroxyl groups is 1. The fourth-order valence-corrected chi connectivity index (χ4v) is 3.71. The molecule has 2 heterocycles. The van der Waals surface area contributed by atoms with Crippen molar-refractivity contribution in [1.29, 1.82) is 0 Å². The van der Waals surface area contributed by atoms with Crippen LogP contribution in [0.4, 0.5) is 0 Å². The van der Waals surface area contributed by atoms with E-state index < -0.39 is 5.60 Å². The monoisotopic (exact) mass is 259 g/mol. The van der Waals surface area contributed by atoms with Crippen LogP contribution in [-0.2, 0) is 12.0 Å². The zero-order valence-electron chi connectivity index (χ0n) is 11.4. The largest absolute Gasteiger partial charge is 0.493 e. The van der Waals surface area contributed by atoms with E-state index in [1.807, 2.05) is 12.1 Å². The normalized spacial score (nSPS) is 34.3. The van der Waals surface area contributed by atoms with Crippen LogP contribution in [0.3, 0.4) is 0 Å². The number of likely N-dealkylation sites (tertiary alicyclic amines) is 1. The smallest absolute Gasteiger partial charge is 0.122 e. The molecule has 2 aliphatic heterocycles. The van der Waals surface area contributed by atoms with Gasteiger partial charge in [0.05, 0.1) is 6.61 Å². The summed E-state index contributed by atoms with van der Waals surface area (Å²) in [5.41, 5.74) is 1.66. The summed E-state index contributed by atoms with van der Waals surface area (Å²) in [5.74, 6) is 0.998. The molecule has 2 atom stereocenters. The Balaban J connectivity index is 1.64. The van der Waals surface area contributed by atoms with Gasteiger partial charge in [-0.05, 0) is 49.4 Å². The molecule has 0 aromatic heterocycles. The zero-order chi connectivity index (χ0) is 13.0. The van der Waals surface area contributed by atoms with Crippen molar-refractivity contribution in [1.82, 2.24) is 4.90 Å². The molecular formula is C16H21NO2. The molecule has 0 spiro atoms. The maximum absolute atomic E-state index is 11.0. The molecule has 1 saturated carbocycles. The van der Waals surface area contributed by atoms with E-state index in [0.29, 0.717) is 6.04 Å². The quantitative estimate of drug-likeness (QED) is 0.882. The van der Waals surface area contributed by atoms with Gasteiger partial charge in [-0.3, -0.25) is 4.90 Å². The Morgan fingerprint density at radius 3 is 3.00 bits per heavy atom. The summed E-state index contributed by atoms with van der Waals surface area (Å²) in [4.78, 5) is 2.49. The Hall–Kier alpha value is -1.06. The number of hydrogen-bond donors (Lipinski definition) is 1. The summed E-state index contributed by atoms with van der Waals surface area (Å²) in [7, 11) is 0. The fraction of sp³-hybridized carbons (Fsp3) is 0.625. The highest BCUT2D eigenvalue weighted by atomic mass is 16.5. The van der Waals surface area contributed by atoms with Gasteiger partial charge < -0.3 is 9.84 Å². The van der Waals surface area contributed by atoms with E-state index in [1.54, 1.807) is 0 Å². The van der Waals surface area contributed by atoms with E-state index in [2.05, 4.69) is 17.9 Å². The van der Waals surface area contributed by atoms with Crippen LogP contribution in [0.5, 0.6) is 5.75 Å². The van der Waals surface area contributed by atoms with Gasteiger partial charge in [0.1, 0.15) is 11.4 Å². The van der Waals surface area contributed by atoms with Gasteiger partial charge in [0.15, 0.2) is 0 Å². The van der Waals surface area contributed by atoms with E-state index >= 15 is 0 Å². The first kappa shape index (κ1) is 11.7. The van der Waals surface area contributed by atoms with Gasteiger partial charge in [-0.2, -0.15) is 0 Å². The molecule has 2 unspecified atom stereocenters. The van der Waals surface area contributed by atoms with Gasteiger partial charge in [0, 0.05) is 25.0 Å². The number of rotatable bonds is 2.